The lowest BCUT2D eigenvalue weighted by atomic mass is 10.0. The average molecular weight is 785 g/mol. The molecule has 0 saturated heterocycles. The minimum absolute atomic E-state index is 0.121. The first kappa shape index (κ1) is 50.4. The molecule has 4 amide bonds. The molecule has 0 aliphatic rings. The van der Waals surface area contributed by atoms with Crippen molar-refractivity contribution in [1.29, 1.82) is 0 Å². The van der Waals surface area contributed by atoms with Crippen molar-refractivity contribution >= 4 is 53.8 Å². The molecular weight excluding hydrogens is 722 g/mol. The van der Waals surface area contributed by atoms with Gasteiger partial charge in [-0.05, 0) is 51.4 Å². The lowest BCUT2D eigenvalue weighted by molar-refractivity contribution is -0.144. The van der Waals surface area contributed by atoms with Crippen molar-refractivity contribution in [2.75, 3.05) is 6.54 Å². The fraction of sp³-hybridized carbons (Fsp3) is 0.757. The van der Waals surface area contributed by atoms with Crippen molar-refractivity contribution in [3.8, 4) is 0 Å². The van der Waals surface area contributed by atoms with E-state index in [9.17, 15) is 58.5 Å². The van der Waals surface area contributed by atoms with Gasteiger partial charge in [0.25, 0.3) is 0 Å². The number of nitrogens with two attached hydrogens (primary N) is 1. The summed E-state index contributed by atoms with van der Waals surface area (Å²) in [5.41, 5.74) is 5.44. The molecule has 0 fully saturated rings. The number of unbranched alkanes of at least 4 members (excludes halogenated alkanes) is 12. The second-order valence-electron chi connectivity index (χ2n) is 13.7. The van der Waals surface area contributed by atoms with E-state index in [0.29, 0.717) is 25.7 Å². The molecule has 10 N–H and O–H groups in total. The topological polar surface area (TPSA) is 309 Å². The molecule has 0 saturated carbocycles. The third-order valence-corrected chi connectivity index (χ3v) is 8.84. The summed E-state index contributed by atoms with van der Waals surface area (Å²) in [6, 6.07) is -5.03. The van der Waals surface area contributed by atoms with Gasteiger partial charge in [0.15, 0.2) is 0 Å². The van der Waals surface area contributed by atoms with E-state index in [0.717, 1.165) is 70.6 Å². The molecule has 0 bridgehead atoms. The lowest BCUT2D eigenvalue weighted by Crippen LogP contribution is -2.45. The van der Waals surface area contributed by atoms with Gasteiger partial charge in [-0.2, -0.15) is 0 Å². The highest BCUT2D eigenvalue weighted by Gasteiger charge is 2.26. The Hall–Kier alpha value is -4.61. The van der Waals surface area contributed by atoms with Gasteiger partial charge in [0, 0.05) is 38.6 Å². The largest absolute Gasteiger partial charge is 0.481 e. The Morgan fingerprint density at radius 2 is 0.782 bits per heavy atom. The Bertz CT molecular complexity index is 1220. The first-order chi connectivity index (χ1) is 26.2. The normalized spacial score (nSPS) is 13.0. The van der Waals surface area contributed by atoms with Gasteiger partial charge in [-0.3, -0.25) is 28.8 Å². The van der Waals surface area contributed by atoms with Crippen LogP contribution in [0.2, 0.25) is 0 Å². The molecule has 0 aromatic heterocycles. The van der Waals surface area contributed by atoms with Crippen molar-refractivity contribution in [1.82, 2.24) is 21.3 Å². The number of rotatable bonds is 36. The molecule has 4 atom stereocenters. The number of hydrogen-bond acceptors (Lipinski definition) is 10. The van der Waals surface area contributed by atoms with Gasteiger partial charge in [0.2, 0.25) is 29.9 Å². The van der Waals surface area contributed by atoms with Crippen molar-refractivity contribution in [3.63, 3.8) is 0 Å². The molecule has 0 rings (SSSR count). The number of amides is 4. The zero-order chi connectivity index (χ0) is 41.4. The van der Waals surface area contributed by atoms with Crippen LogP contribution in [0.3, 0.4) is 0 Å². The minimum Gasteiger partial charge on any atom is -0.481 e. The summed E-state index contributed by atoms with van der Waals surface area (Å²) >= 11 is 0. The van der Waals surface area contributed by atoms with Crippen LogP contribution >= 0.6 is 0 Å². The Morgan fingerprint density at radius 1 is 0.436 bits per heavy atom. The summed E-state index contributed by atoms with van der Waals surface area (Å²) in [4.78, 5) is 105. The molecule has 0 aromatic carbocycles. The van der Waals surface area contributed by atoms with Gasteiger partial charge in [-0.1, -0.05) is 64.2 Å². The van der Waals surface area contributed by atoms with Crippen LogP contribution in [0, 0.1) is 0 Å². The van der Waals surface area contributed by atoms with E-state index < -0.39 is 90.9 Å². The smallest absolute Gasteiger partial charge is 0.326 e. The van der Waals surface area contributed by atoms with Crippen molar-refractivity contribution < 1.29 is 63.6 Å². The molecule has 1 radical (unpaired) electrons. The molecule has 18 heteroatoms. The maximum Gasteiger partial charge on any atom is 0.326 e. The second-order valence-corrected chi connectivity index (χ2v) is 13.7. The second kappa shape index (κ2) is 31.7. The summed E-state index contributed by atoms with van der Waals surface area (Å²) in [6.07, 6.45) is 13.1. The Labute approximate surface area is 322 Å². The van der Waals surface area contributed by atoms with Crippen LogP contribution in [0.1, 0.15) is 148 Å². The van der Waals surface area contributed by atoms with Gasteiger partial charge in [-0.15, -0.1) is 0 Å². The lowest BCUT2D eigenvalue weighted by Gasteiger charge is -2.18. The molecule has 0 aromatic rings. The van der Waals surface area contributed by atoms with Crippen LogP contribution in [-0.2, 0) is 43.2 Å². The van der Waals surface area contributed by atoms with Gasteiger partial charge >= 0.3 is 23.9 Å². The van der Waals surface area contributed by atoms with E-state index in [4.69, 9.17) is 10.8 Å². The summed E-state index contributed by atoms with van der Waals surface area (Å²) in [5, 5.41) is 46.6. The summed E-state index contributed by atoms with van der Waals surface area (Å²) in [6.45, 7) is 0.285. The van der Waals surface area contributed by atoms with Crippen LogP contribution in [0.5, 0.6) is 0 Å². The van der Waals surface area contributed by atoms with E-state index in [1.165, 1.54) is 0 Å². The third-order valence-electron chi connectivity index (χ3n) is 8.84. The number of carbonyl (C=O) groups excluding carboxylic acids is 5. The number of carbonyl (C=O) groups is 8. The van der Waals surface area contributed by atoms with Crippen LogP contribution in [0.25, 0.3) is 0 Å². The van der Waals surface area contributed by atoms with Gasteiger partial charge in [0.05, 0.1) is 6.04 Å². The van der Waals surface area contributed by atoms with Gasteiger partial charge < -0.3 is 47.4 Å². The zero-order valence-corrected chi connectivity index (χ0v) is 31.8. The zero-order valence-electron chi connectivity index (χ0n) is 31.8. The summed E-state index contributed by atoms with van der Waals surface area (Å²) < 4.78 is 0. The Balaban J connectivity index is 4.40. The standard InChI is InChI=1S/C37H62N5O13/c38-26(25-43)15-13-14-24-39-30(44)21-18-27(35(50)51)41-32(46)23-20-29(37(54)55)42-33(47)22-19-28(36(52)53)40-31(45)16-11-9-7-5-3-1-2-4-6-8-10-12-17-34(48)49/h26-29H,1-24,38H2,(H,39,44)(H,40,45)(H,41,46)(H,42,47)(H,48,49)(H,50,51)(H,52,53)(H,54,55)/t26-,27-,28-,29-/m0/s1. The SMILES string of the molecule is N[C@H]([C]=O)CCCCNC(=O)CC[C@H](NC(=O)CC[C@H](NC(=O)CC[C@H](NC(=O)CCCCCCCCCCCCCCC(=O)O)C(=O)O)C(=O)O)C(=O)O. The number of hydrogen-bond donors (Lipinski definition) is 9. The van der Waals surface area contributed by atoms with E-state index in [-0.39, 0.29) is 38.6 Å². The molecule has 18 nitrogen and oxygen atoms in total. The Kier molecular flexibility index (Phi) is 29.1. The number of carboxylic acids is 4. The quantitative estimate of drug-likeness (QED) is 0.0412. The monoisotopic (exact) mass is 784 g/mol. The number of nitrogens with one attached hydrogen (secondary N) is 4. The van der Waals surface area contributed by atoms with E-state index in [1.807, 2.05) is 0 Å². The molecule has 0 unspecified atom stereocenters. The van der Waals surface area contributed by atoms with Crippen LogP contribution in [-0.4, -0.2) is 105 Å². The first-order valence-electron chi connectivity index (χ1n) is 19.3. The van der Waals surface area contributed by atoms with Crippen LogP contribution in [0.15, 0.2) is 0 Å². The predicted octanol–water partition coefficient (Wildman–Crippen LogP) is 2.30. The van der Waals surface area contributed by atoms with Gasteiger partial charge in [0.1, 0.15) is 18.1 Å². The van der Waals surface area contributed by atoms with E-state index in [1.54, 1.807) is 6.29 Å². The van der Waals surface area contributed by atoms with Crippen LogP contribution in [0.4, 0.5) is 0 Å². The van der Waals surface area contributed by atoms with E-state index >= 15 is 0 Å². The third kappa shape index (κ3) is 29.4. The highest BCUT2D eigenvalue weighted by molar-refractivity contribution is 5.87. The first-order valence-corrected chi connectivity index (χ1v) is 19.3. The molecule has 0 heterocycles. The van der Waals surface area contributed by atoms with E-state index in [2.05, 4.69) is 21.3 Å². The van der Waals surface area contributed by atoms with Crippen molar-refractivity contribution in [3.05, 3.63) is 0 Å². The summed E-state index contributed by atoms with van der Waals surface area (Å²) in [5.74, 6) is -7.54. The fourth-order valence-electron chi connectivity index (χ4n) is 5.59. The molecule has 55 heavy (non-hydrogen) atoms. The minimum atomic E-state index is -1.54. The number of aliphatic carboxylic acids is 4. The maximum absolute atomic E-state index is 12.5. The summed E-state index contributed by atoms with van der Waals surface area (Å²) in [7, 11) is 0. The highest BCUT2D eigenvalue weighted by Crippen LogP contribution is 2.13. The predicted molar refractivity (Wildman–Crippen MR) is 199 cm³/mol. The van der Waals surface area contributed by atoms with Gasteiger partial charge in [-0.25, -0.2) is 14.4 Å². The average Bonchev–Trinajstić information content (AvgIpc) is 3.12. The fourth-order valence-corrected chi connectivity index (χ4v) is 5.59. The van der Waals surface area contributed by atoms with Crippen molar-refractivity contribution in [2.45, 2.75) is 172 Å². The van der Waals surface area contributed by atoms with Crippen LogP contribution < -0.4 is 27.0 Å². The maximum atomic E-state index is 12.5. The molecule has 313 valence electrons. The molecular formula is C37H62N5O13. The molecule has 0 aliphatic heterocycles. The molecule has 0 aliphatic carbocycles. The Morgan fingerprint density at radius 3 is 1.15 bits per heavy atom. The molecule has 0 spiro atoms. The number of carboxylic acid groups (broad SMARTS) is 4. The van der Waals surface area contributed by atoms with Crippen molar-refractivity contribution in [2.24, 2.45) is 5.73 Å². The highest BCUT2D eigenvalue weighted by atomic mass is 16.4.